The first-order chi connectivity index (χ1) is 8.18. The summed E-state index contributed by atoms with van der Waals surface area (Å²) in [6.07, 6.45) is 2.67. The van der Waals surface area contributed by atoms with Gasteiger partial charge in [0, 0.05) is 6.42 Å². The number of aromatic amines is 1. The van der Waals surface area contributed by atoms with Crippen molar-refractivity contribution in [2.45, 2.75) is 19.8 Å². The second-order valence-corrected chi connectivity index (χ2v) is 4.79. The fourth-order valence-electron chi connectivity index (χ4n) is 1.83. The lowest BCUT2D eigenvalue weighted by Crippen LogP contribution is -3.00. The van der Waals surface area contributed by atoms with Gasteiger partial charge in [-0.15, -0.1) is 0 Å². The molecule has 1 heterocycles. The molecule has 0 amide bonds. The molecule has 0 unspecified atom stereocenters. The number of thiazole rings is 1. The van der Waals surface area contributed by atoms with Crippen LogP contribution in [0.5, 0.6) is 0 Å². The van der Waals surface area contributed by atoms with Gasteiger partial charge in [-0.1, -0.05) is 23.5 Å². The third-order valence-electron chi connectivity index (χ3n) is 2.77. The summed E-state index contributed by atoms with van der Waals surface area (Å²) in [6, 6.07) is 6.03. The molecule has 0 atom stereocenters. The van der Waals surface area contributed by atoms with Crippen molar-refractivity contribution in [3.8, 4) is 10.6 Å². The van der Waals surface area contributed by atoms with Crippen LogP contribution in [0.1, 0.15) is 17.5 Å². The molecule has 1 aromatic carbocycles. The Labute approximate surface area is 127 Å². The minimum absolute atomic E-state index is 0. The van der Waals surface area contributed by atoms with Crippen molar-refractivity contribution in [2.75, 3.05) is 0 Å². The summed E-state index contributed by atoms with van der Waals surface area (Å²) in [7, 11) is 0. The summed E-state index contributed by atoms with van der Waals surface area (Å²) >= 11 is 1.65. The van der Waals surface area contributed by atoms with Crippen molar-refractivity contribution in [2.24, 2.45) is 0 Å². The molecule has 2 aromatic rings. The van der Waals surface area contributed by atoms with Gasteiger partial charge >= 0.3 is 5.97 Å². The van der Waals surface area contributed by atoms with Gasteiger partial charge in [0.1, 0.15) is 0 Å². The van der Waals surface area contributed by atoms with E-state index in [2.05, 4.69) is 11.1 Å². The molecular formula is C13H14INO2S. The standard InChI is InChI=1S/C13H13NO2S.HI/c1-9-10(5-6-12(15)16)3-2-4-11(9)13-14-7-8-17-13;/h2-4,7-8H,5-6H2,1H3,(H,15,16);1H. The molecule has 0 saturated carbocycles. The maximum Gasteiger partial charge on any atom is 0.303 e. The lowest BCUT2D eigenvalue weighted by molar-refractivity contribution is -0.358. The molecule has 1 aromatic heterocycles. The number of hydrogen-bond acceptors (Lipinski definition) is 2. The summed E-state index contributed by atoms with van der Waals surface area (Å²) in [4.78, 5) is 13.8. The molecule has 0 aliphatic heterocycles. The van der Waals surface area contributed by atoms with Crippen LogP contribution >= 0.6 is 11.3 Å². The minimum atomic E-state index is -0.752. The Bertz CT molecular complexity index is 526. The summed E-state index contributed by atoms with van der Waals surface area (Å²) < 4.78 is 0. The van der Waals surface area contributed by atoms with Gasteiger partial charge in [0.05, 0.1) is 10.9 Å². The van der Waals surface area contributed by atoms with E-state index in [0.29, 0.717) is 6.42 Å². The number of halogens is 1. The van der Waals surface area contributed by atoms with E-state index >= 15 is 0 Å². The largest absolute Gasteiger partial charge is 1.00 e. The number of nitrogens with one attached hydrogen (secondary N) is 1. The molecule has 18 heavy (non-hydrogen) atoms. The van der Waals surface area contributed by atoms with E-state index in [1.165, 1.54) is 0 Å². The fraction of sp³-hybridized carbons (Fsp3) is 0.231. The average molecular weight is 375 g/mol. The third-order valence-corrected chi connectivity index (χ3v) is 3.61. The van der Waals surface area contributed by atoms with Gasteiger partial charge in [0.2, 0.25) is 0 Å². The molecule has 0 spiro atoms. The van der Waals surface area contributed by atoms with Crippen molar-refractivity contribution < 1.29 is 38.9 Å². The van der Waals surface area contributed by atoms with Crippen LogP contribution in [-0.4, -0.2) is 11.1 Å². The highest BCUT2D eigenvalue weighted by atomic mass is 127. The van der Waals surface area contributed by atoms with Gasteiger partial charge in [0.15, 0.2) is 6.20 Å². The first-order valence-corrected chi connectivity index (χ1v) is 6.32. The van der Waals surface area contributed by atoms with Crippen molar-refractivity contribution in [1.29, 1.82) is 0 Å². The lowest BCUT2D eigenvalue weighted by Gasteiger charge is -2.06. The zero-order valence-electron chi connectivity index (χ0n) is 9.94. The predicted octanol–water partition coefficient (Wildman–Crippen LogP) is -0.441. The highest BCUT2D eigenvalue weighted by Gasteiger charge is 2.12. The predicted molar refractivity (Wildman–Crippen MR) is 67.0 cm³/mol. The molecular weight excluding hydrogens is 361 g/mol. The molecule has 0 aliphatic carbocycles. The second-order valence-electron chi connectivity index (χ2n) is 3.88. The number of H-pyrrole nitrogens is 1. The Morgan fingerprint density at radius 2 is 2.22 bits per heavy atom. The molecule has 0 bridgehead atoms. The molecule has 0 saturated heterocycles. The van der Waals surface area contributed by atoms with Crippen LogP contribution in [-0.2, 0) is 11.2 Å². The normalized spacial score (nSPS) is 9.83. The molecule has 0 aliphatic rings. The Hall–Kier alpha value is -0.950. The second kappa shape index (κ2) is 6.84. The van der Waals surface area contributed by atoms with Crippen LogP contribution in [0, 0.1) is 6.92 Å². The maximum atomic E-state index is 10.6. The summed E-state index contributed by atoms with van der Waals surface area (Å²) in [5.74, 6) is -0.752. The van der Waals surface area contributed by atoms with Crippen molar-refractivity contribution >= 4 is 17.3 Å². The van der Waals surface area contributed by atoms with Gasteiger partial charge in [-0.25, -0.2) is 4.98 Å². The number of carboxylic acid groups (broad SMARTS) is 1. The van der Waals surface area contributed by atoms with Crippen molar-refractivity contribution in [3.05, 3.63) is 40.9 Å². The fourth-order valence-corrected chi connectivity index (χ4v) is 2.59. The van der Waals surface area contributed by atoms with Gasteiger partial charge in [0.25, 0.3) is 5.01 Å². The maximum absolute atomic E-state index is 10.6. The number of hydrogen-bond donors (Lipinski definition) is 1. The van der Waals surface area contributed by atoms with E-state index in [1.807, 2.05) is 30.6 Å². The van der Waals surface area contributed by atoms with E-state index in [0.717, 1.165) is 21.7 Å². The smallest absolute Gasteiger partial charge is 0.303 e. The first-order valence-electron chi connectivity index (χ1n) is 5.44. The van der Waals surface area contributed by atoms with Gasteiger partial charge < -0.3 is 29.1 Å². The van der Waals surface area contributed by atoms with E-state index in [9.17, 15) is 4.79 Å². The van der Waals surface area contributed by atoms with Crippen LogP contribution in [0.3, 0.4) is 0 Å². The topological polar surface area (TPSA) is 51.4 Å². The Kier molecular flexibility index (Phi) is 5.74. The van der Waals surface area contributed by atoms with E-state index in [1.54, 1.807) is 11.3 Å². The van der Waals surface area contributed by atoms with Crippen molar-refractivity contribution in [3.63, 3.8) is 0 Å². The number of carboxylic acids is 1. The number of aliphatic carboxylic acids is 1. The molecule has 0 fully saturated rings. The molecule has 96 valence electrons. The number of carbonyl (C=O) groups is 1. The Morgan fingerprint density at radius 1 is 1.44 bits per heavy atom. The van der Waals surface area contributed by atoms with Crippen LogP contribution in [0.4, 0.5) is 0 Å². The Balaban J connectivity index is 0.00000162. The number of aromatic nitrogens is 1. The quantitative estimate of drug-likeness (QED) is 0.737. The van der Waals surface area contributed by atoms with Crippen LogP contribution < -0.4 is 29.0 Å². The lowest BCUT2D eigenvalue weighted by atomic mass is 9.99. The van der Waals surface area contributed by atoms with Gasteiger partial charge in [-0.3, -0.25) is 4.79 Å². The monoisotopic (exact) mass is 375 g/mol. The molecule has 0 radical (unpaired) electrons. The Morgan fingerprint density at radius 3 is 2.83 bits per heavy atom. The third kappa shape index (κ3) is 3.52. The van der Waals surface area contributed by atoms with Gasteiger partial charge in [-0.2, -0.15) is 0 Å². The van der Waals surface area contributed by atoms with Crippen LogP contribution in [0.15, 0.2) is 29.8 Å². The number of benzene rings is 1. The average Bonchev–Trinajstić information content (AvgIpc) is 2.81. The highest BCUT2D eigenvalue weighted by Crippen LogP contribution is 2.25. The van der Waals surface area contributed by atoms with Crippen LogP contribution in [0.2, 0.25) is 0 Å². The SMILES string of the molecule is Cc1c(CCC(=O)O)cccc1-c1[nH+]ccs1.[I-]. The summed E-state index contributed by atoms with van der Waals surface area (Å²) in [5, 5.41) is 11.8. The minimum Gasteiger partial charge on any atom is -1.00 e. The first kappa shape index (κ1) is 15.1. The van der Waals surface area contributed by atoms with E-state index in [4.69, 9.17) is 5.11 Å². The molecule has 3 nitrogen and oxygen atoms in total. The van der Waals surface area contributed by atoms with E-state index in [-0.39, 0.29) is 30.4 Å². The number of aryl methyl sites for hydroxylation is 1. The zero-order valence-corrected chi connectivity index (χ0v) is 12.9. The molecule has 2 rings (SSSR count). The molecule has 2 N–H and O–H groups in total. The van der Waals surface area contributed by atoms with E-state index < -0.39 is 5.97 Å². The summed E-state index contributed by atoms with van der Waals surface area (Å²) in [5.41, 5.74) is 3.42. The zero-order chi connectivity index (χ0) is 12.3. The van der Waals surface area contributed by atoms with Gasteiger partial charge in [-0.05, 0) is 30.5 Å². The van der Waals surface area contributed by atoms with Crippen molar-refractivity contribution in [1.82, 2.24) is 0 Å². The van der Waals surface area contributed by atoms with Crippen LogP contribution in [0.25, 0.3) is 10.6 Å². The number of rotatable bonds is 4. The highest BCUT2D eigenvalue weighted by molar-refractivity contribution is 7.12. The molecule has 5 heteroatoms. The summed E-state index contributed by atoms with van der Waals surface area (Å²) in [6.45, 7) is 2.04.